The highest BCUT2D eigenvalue weighted by atomic mass is 14.9. The van der Waals surface area contributed by atoms with Gasteiger partial charge in [-0.3, -0.25) is 0 Å². The fourth-order valence-electron chi connectivity index (χ4n) is 1.89. The number of hydrogen-bond donors (Lipinski definition) is 1. The van der Waals surface area contributed by atoms with Gasteiger partial charge in [-0.05, 0) is 58.2 Å². The van der Waals surface area contributed by atoms with Gasteiger partial charge in [0.05, 0.1) is 0 Å². The molecule has 0 aromatic rings. The van der Waals surface area contributed by atoms with Crippen LogP contribution in [0.25, 0.3) is 0 Å². The molecule has 0 unspecified atom stereocenters. The molecule has 1 N–H and O–H groups in total. The van der Waals surface area contributed by atoms with Crippen LogP contribution < -0.4 is 5.32 Å². The highest BCUT2D eigenvalue weighted by molar-refractivity contribution is 5.32. The summed E-state index contributed by atoms with van der Waals surface area (Å²) in [5.74, 6) is 0.707. The van der Waals surface area contributed by atoms with Crippen molar-refractivity contribution in [1.29, 1.82) is 0 Å². The number of piperidine rings is 1. The summed E-state index contributed by atoms with van der Waals surface area (Å²) in [6.07, 6.45) is 6.82. The summed E-state index contributed by atoms with van der Waals surface area (Å²) in [6, 6.07) is 0. The van der Waals surface area contributed by atoms with Gasteiger partial charge < -0.3 is 5.32 Å². The quantitative estimate of drug-likeness (QED) is 0.696. The molecule has 0 radical (unpaired) electrons. The maximum Gasteiger partial charge on any atom is -0.00431 e. The lowest BCUT2D eigenvalue weighted by atomic mass is 9.88. The van der Waals surface area contributed by atoms with Crippen molar-refractivity contribution >= 4 is 0 Å². The molecule has 1 nitrogen and oxygen atoms in total. The third-order valence-electron chi connectivity index (χ3n) is 3.22. The van der Waals surface area contributed by atoms with Crippen LogP contribution in [0.15, 0.2) is 35.5 Å². The molecule has 0 aromatic heterocycles. The first-order valence-corrected chi connectivity index (χ1v) is 5.84. The molecule has 1 rings (SSSR count). The van der Waals surface area contributed by atoms with Crippen molar-refractivity contribution in [3.05, 3.63) is 35.5 Å². The Labute approximate surface area is 94.0 Å². The van der Waals surface area contributed by atoms with Gasteiger partial charge in [0.1, 0.15) is 0 Å². The van der Waals surface area contributed by atoms with Crippen LogP contribution >= 0.6 is 0 Å². The summed E-state index contributed by atoms with van der Waals surface area (Å²) in [7, 11) is 0. The molecule has 0 spiro atoms. The van der Waals surface area contributed by atoms with Crippen molar-refractivity contribution in [2.45, 2.75) is 33.6 Å². The van der Waals surface area contributed by atoms with E-state index in [0.29, 0.717) is 5.92 Å². The molecule has 0 bridgehead atoms. The molecule has 84 valence electrons. The molecule has 0 amide bonds. The van der Waals surface area contributed by atoms with Crippen LogP contribution in [0.1, 0.15) is 33.6 Å². The Morgan fingerprint density at radius 2 is 1.80 bits per heavy atom. The van der Waals surface area contributed by atoms with E-state index in [9.17, 15) is 0 Å². The second-order valence-electron chi connectivity index (χ2n) is 4.56. The first-order chi connectivity index (χ1) is 7.15. The smallest absolute Gasteiger partial charge is 0.00431 e. The predicted molar refractivity (Wildman–Crippen MR) is 67.9 cm³/mol. The van der Waals surface area contributed by atoms with Gasteiger partial charge in [0.2, 0.25) is 0 Å². The van der Waals surface area contributed by atoms with Crippen LogP contribution in [0.3, 0.4) is 0 Å². The topological polar surface area (TPSA) is 12.0 Å². The van der Waals surface area contributed by atoms with Gasteiger partial charge >= 0.3 is 0 Å². The van der Waals surface area contributed by atoms with E-state index >= 15 is 0 Å². The first-order valence-electron chi connectivity index (χ1n) is 5.84. The van der Waals surface area contributed by atoms with Crippen LogP contribution in [0, 0.1) is 5.92 Å². The Kier molecular flexibility index (Phi) is 4.83. The lowest BCUT2D eigenvalue weighted by Crippen LogP contribution is -2.28. The monoisotopic (exact) mass is 205 g/mol. The fourth-order valence-corrected chi connectivity index (χ4v) is 1.89. The molecule has 0 aromatic carbocycles. The maximum absolute atomic E-state index is 3.94. The third-order valence-corrected chi connectivity index (χ3v) is 3.22. The molecule has 0 atom stereocenters. The summed E-state index contributed by atoms with van der Waals surface area (Å²) in [4.78, 5) is 0. The van der Waals surface area contributed by atoms with Crippen molar-refractivity contribution in [3.63, 3.8) is 0 Å². The average molecular weight is 205 g/mol. The molecule has 15 heavy (non-hydrogen) atoms. The number of allylic oxidation sites excluding steroid dienone is 5. The van der Waals surface area contributed by atoms with E-state index in [4.69, 9.17) is 0 Å². The van der Waals surface area contributed by atoms with Gasteiger partial charge in [0.25, 0.3) is 0 Å². The predicted octanol–water partition coefficient (Wildman–Crippen LogP) is 3.45. The number of nitrogens with one attached hydrogen (secondary N) is 1. The van der Waals surface area contributed by atoms with E-state index in [1.807, 2.05) is 6.08 Å². The van der Waals surface area contributed by atoms with E-state index in [1.165, 1.54) is 29.6 Å². The lowest BCUT2D eigenvalue weighted by molar-refractivity contribution is 0.425. The Bertz CT molecular complexity index is 274. The summed E-state index contributed by atoms with van der Waals surface area (Å²) in [6.45, 7) is 12.7. The minimum Gasteiger partial charge on any atom is -0.317 e. The van der Waals surface area contributed by atoms with Crippen LogP contribution in [0.4, 0.5) is 0 Å². The Hall–Kier alpha value is -0.820. The zero-order chi connectivity index (χ0) is 11.3. The van der Waals surface area contributed by atoms with Crippen molar-refractivity contribution in [2.75, 3.05) is 13.1 Å². The molecule has 1 aliphatic heterocycles. The minimum absolute atomic E-state index is 0.707. The minimum atomic E-state index is 0.707. The average Bonchev–Trinajstić information content (AvgIpc) is 2.26. The summed E-state index contributed by atoms with van der Waals surface area (Å²) in [5, 5.41) is 3.40. The van der Waals surface area contributed by atoms with Crippen LogP contribution in [-0.4, -0.2) is 13.1 Å². The van der Waals surface area contributed by atoms with E-state index in [0.717, 1.165) is 13.1 Å². The van der Waals surface area contributed by atoms with E-state index in [-0.39, 0.29) is 0 Å². The Morgan fingerprint density at radius 1 is 1.20 bits per heavy atom. The van der Waals surface area contributed by atoms with Crippen LogP contribution in [0.2, 0.25) is 0 Å². The summed E-state index contributed by atoms with van der Waals surface area (Å²) in [5.41, 5.74) is 4.18. The van der Waals surface area contributed by atoms with Crippen molar-refractivity contribution in [1.82, 2.24) is 5.32 Å². The van der Waals surface area contributed by atoms with Crippen molar-refractivity contribution < 1.29 is 0 Å². The Morgan fingerprint density at radius 3 is 2.27 bits per heavy atom. The van der Waals surface area contributed by atoms with E-state index in [2.05, 4.69) is 38.7 Å². The fraction of sp³-hybridized carbons (Fsp3) is 0.571. The van der Waals surface area contributed by atoms with Gasteiger partial charge in [0, 0.05) is 0 Å². The van der Waals surface area contributed by atoms with Crippen molar-refractivity contribution in [3.8, 4) is 0 Å². The normalized spacial score (nSPS) is 18.7. The SMILES string of the molecule is C=C/C(=C\C(C)=C(C)C)C1CCNCC1. The number of rotatable bonds is 3. The van der Waals surface area contributed by atoms with Crippen molar-refractivity contribution in [2.24, 2.45) is 5.92 Å². The summed E-state index contributed by atoms with van der Waals surface area (Å²) < 4.78 is 0. The lowest BCUT2D eigenvalue weighted by Gasteiger charge is -2.24. The van der Waals surface area contributed by atoms with Crippen LogP contribution in [-0.2, 0) is 0 Å². The molecule has 0 saturated carbocycles. The molecule has 1 fully saturated rings. The second kappa shape index (κ2) is 5.92. The second-order valence-corrected chi connectivity index (χ2v) is 4.56. The highest BCUT2D eigenvalue weighted by Gasteiger charge is 2.15. The van der Waals surface area contributed by atoms with Gasteiger partial charge in [-0.1, -0.05) is 29.9 Å². The van der Waals surface area contributed by atoms with Gasteiger partial charge in [-0.15, -0.1) is 0 Å². The molecule has 1 heteroatoms. The maximum atomic E-state index is 3.94. The third kappa shape index (κ3) is 3.67. The zero-order valence-corrected chi connectivity index (χ0v) is 10.3. The molecule has 1 heterocycles. The number of hydrogen-bond acceptors (Lipinski definition) is 1. The van der Waals surface area contributed by atoms with Gasteiger partial charge in [0.15, 0.2) is 0 Å². The molecule has 0 aliphatic carbocycles. The molecular weight excluding hydrogens is 182 g/mol. The van der Waals surface area contributed by atoms with E-state index in [1.54, 1.807) is 0 Å². The zero-order valence-electron chi connectivity index (χ0n) is 10.3. The first kappa shape index (κ1) is 12.3. The van der Waals surface area contributed by atoms with Crippen LogP contribution in [0.5, 0.6) is 0 Å². The van der Waals surface area contributed by atoms with Gasteiger partial charge in [-0.2, -0.15) is 0 Å². The van der Waals surface area contributed by atoms with Gasteiger partial charge in [-0.25, -0.2) is 0 Å². The Balaban J connectivity index is 2.77. The largest absolute Gasteiger partial charge is 0.317 e. The molecular formula is C14H23N. The summed E-state index contributed by atoms with van der Waals surface area (Å²) >= 11 is 0. The standard InChI is InChI=1S/C14H23N/c1-5-13(10-12(4)11(2)3)14-6-8-15-9-7-14/h5,10,14-15H,1,6-9H2,2-4H3/b13-10+. The van der Waals surface area contributed by atoms with E-state index < -0.39 is 0 Å². The highest BCUT2D eigenvalue weighted by Crippen LogP contribution is 2.23. The molecule has 1 aliphatic rings. The molecule has 1 saturated heterocycles.